The average molecular weight is 290 g/mol. The Morgan fingerprint density at radius 2 is 1.21 bits per heavy atom. The van der Waals surface area contributed by atoms with E-state index in [1.165, 1.54) is 12.1 Å². The Kier molecular flexibility index (Phi) is 6.14. The normalized spacial score (nSPS) is 10.7. The van der Waals surface area contributed by atoms with Gasteiger partial charge in [-0.15, -0.1) is 5.46 Å². The van der Waals surface area contributed by atoms with Crippen LogP contribution in [0.2, 0.25) is 0 Å². The zero-order valence-electron chi connectivity index (χ0n) is 10.7. The molecule has 0 aromatic heterocycles. The molecule has 0 atom stereocenters. The summed E-state index contributed by atoms with van der Waals surface area (Å²) in [4.78, 5) is 0. The van der Waals surface area contributed by atoms with Crippen LogP contribution in [0.15, 0.2) is 48.5 Å². The molecule has 19 heavy (non-hydrogen) atoms. The first-order valence-corrected chi connectivity index (χ1v) is 5.45. The van der Waals surface area contributed by atoms with E-state index in [1.807, 2.05) is 12.1 Å². The number of hydrogen-bond donors (Lipinski definition) is 0. The fourth-order valence-electron chi connectivity index (χ4n) is 1.68. The van der Waals surface area contributed by atoms with Crippen molar-refractivity contribution in [3.8, 4) is 16.9 Å². The number of hydrogen-bond acceptors (Lipinski definition) is 1. The molecule has 0 unspecified atom stereocenters. The molecule has 0 saturated carbocycles. The smallest absolute Gasteiger partial charge is 0.497 e. The van der Waals surface area contributed by atoms with Crippen LogP contribution in [0, 0.1) is 0 Å². The molecule has 0 aliphatic rings. The molecule has 0 saturated heterocycles. The van der Waals surface area contributed by atoms with Crippen molar-refractivity contribution in [2.75, 3.05) is 7.11 Å². The summed E-state index contributed by atoms with van der Waals surface area (Å²) < 4.78 is 42.4. The summed E-state index contributed by atoms with van der Waals surface area (Å²) in [6.45, 7) is -4.92. The van der Waals surface area contributed by atoms with Crippen molar-refractivity contribution >= 4 is 12.4 Å². The molecule has 0 spiro atoms. The number of halogens is 3. The van der Waals surface area contributed by atoms with Gasteiger partial charge in [0.2, 0.25) is 0 Å². The quantitative estimate of drug-likeness (QED) is 0.745. The van der Waals surface area contributed by atoms with Crippen molar-refractivity contribution in [2.24, 2.45) is 0 Å². The van der Waals surface area contributed by atoms with Crippen molar-refractivity contribution < 1.29 is 69.1 Å². The second-order valence-corrected chi connectivity index (χ2v) is 3.93. The third kappa shape index (κ3) is 4.36. The van der Waals surface area contributed by atoms with Crippen LogP contribution in [-0.2, 0) is 0 Å². The van der Waals surface area contributed by atoms with Crippen molar-refractivity contribution in [3.05, 3.63) is 48.5 Å². The van der Waals surface area contributed by atoms with Gasteiger partial charge < -0.3 is 17.7 Å². The van der Waals surface area contributed by atoms with E-state index in [9.17, 15) is 12.9 Å². The summed E-state index contributed by atoms with van der Waals surface area (Å²) in [6.07, 6.45) is 0. The van der Waals surface area contributed by atoms with Crippen LogP contribution in [0.4, 0.5) is 12.9 Å². The minimum absolute atomic E-state index is 0. The summed E-state index contributed by atoms with van der Waals surface area (Å²) in [5.41, 5.74) is 1.03. The van der Waals surface area contributed by atoms with Gasteiger partial charge in [0.1, 0.15) is 5.75 Å². The second-order valence-electron chi connectivity index (χ2n) is 3.93. The Bertz CT molecular complexity index is 523. The summed E-state index contributed by atoms with van der Waals surface area (Å²) in [5.74, 6) is 0.717. The Labute approximate surface area is 152 Å². The van der Waals surface area contributed by atoms with Crippen LogP contribution in [0.3, 0.4) is 0 Å². The maximum absolute atomic E-state index is 12.5. The largest absolute Gasteiger partial charge is 1.00 e. The van der Waals surface area contributed by atoms with Crippen LogP contribution in [-0.4, -0.2) is 14.1 Å². The van der Waals surface area contributed by atoms with Gasteiger partial charge in [-0.25, -0.2) is 0 Å². The third-order valence-corrected chi connectivity index (χ3v) is 2.71. The maximum atomic E-state index is 12.5. The molecular weight excluding hydrogens is 279 g/mol. The van der Waals surface area contributed by atoms with Gasteiger partial charge in [0, 0.05) is 0 Å². The fraction of sp³-hybridized carbons (Fsp3) is 0.0769. The van der Waals surface area contributed by atoms with Gasteiger partial charge in [-0.2, -0.15) is 0 Å². The van der Waals surface area contributed by atoms with Crippen molar-refractivity contribution in [2.45, 2.75) is 0 Å². The van der Waals surface area contributed by atoms with E-state index < -0.39 is 12.4 Å². The predicted molar refractivity (Wildman–Crippen MR) is 67.1 cm³/mol. The second kappa shape index (κ2) is 6.95. The maximum Gasteiger partial charge on any atom is 1.00 e. The van der Waals surface area contributed by atoms with Crippen LogP contribution in [0.5, 0.6) is 5.75 Å². The van der Waals surface area contributed by atoms with E-state index in [0.29, 0.717) is 5.75 Å². The standard InChI is InChI=1S/C13H11BF3O.K/c1-18-13-8-4-11(5-9-13)10-2-6-12(7-3-10)14(15,16)17;/h2-9H,1H3;/q-1;+1. The van der Waals surface area contributed by atoms with E-state index >= 15 is 0 Å². The molecule has 2 aromatic carbocycles. The van der Waals surface area contributed by atoms with Gasteiger partial charge in [0.25, 0.3) is 0 Å². The Hall–Kier alpha value is -0.269. The minimum atomic E-state index is -4.92. The van der Waals surface area contributed by atoms with E-state index in [-0.39, 0.29) is 51.4 Å². The first-order valence-electron chi connectivity index (χ1n) is 5.45. The van der Waals surface area contributed by atoms with Crippen LogP contribution >= 0.6 is 0 Å². The van der Waals surface area contributed by atoms with Crippen LogP contribution in [0.25, 0.3) is 11.1 Å². The molecule has 6 heteroatoms. The zero-order valence-corrected chi connectivity index (χ0v) is 13.9. The molecule has 0 N–H and O–H groups in total. The summed E-state index contributed by atoms with van der Waals surface area (Å²) in [7, 11) is 1.56. The van der Waals surface area contributed by atoms with Crippen molar-refractivity contribution in [3.63, 3.8) is 0 Å². The first kappa shape index (κ1) is 16.8. The number of ether oxygens (including phenoxy) is 1. The van der Waals surface area contributed by atoms with Crippen molar-refractivity contribution in [1.29, 1.82) is 0 Å². The Morgan fingerprint density at radius 3 is 1.58 bits per heavy atom. The molecule has 0 radical (unpaired) electrons. The molecule has 0 bridgehead atoms. The van der Waals surface area contributed by atoms with E-state index in [4.69, 9.17) is 4.74 Å². The molecule has 2 aromatic rings. The van der Waals surface area contributed by atoms with Gasteiger partial charge in [-0.05, 0) is 23.3 Å². The first-order chi connectivity index (χ1) is 8.50. The third-order valence-electron chi connectivity index (χ3n) is 2.71. The van der Waals surface area contributed by atoms with Gasteiger partial charge >= 0.3 is 58.4 Å². The molecule has 0 amide bonds. The van der Waals surface area contributed by atoms with Gasteiger partial charge in [-0.3, -0.25) is 0 Å². The average Bonchev–Trinajstić information content (AvgIpc) is 2.38. The topological polar surface area (TPSA) is 9.23 Å². The number of methoxy groups -OCH3 is 1. The predicted octanol–water partition coefficient (Wildman–Crippen LogP) is 0.421. The SMILES string of the molecule is COc1ccc(-c2ccc([B-](F)(F)F)cc2)cc1.[K+]. The molecule has 0 fully saturated rings. The van der Waals surface area contributed by atoms with E-state index in [2.05, 4.69) is 0 Å². The van der Waals surface area contributed by atoms with Crippen LogP contribution < -0.4 is 61.6 Å². The molecule has 0 heterocycles. The van der Waals surface area contributed by atoms with E-state index in [0.717, 1.165) is 23.3 Å². The minimum Gasteiger partial charge on any atom is -0.497 e. The molecule has 2 rings (SSSR count). The Balaban J connectivity index is 0.00000180. The fourth-order valence-corrected chi connectivity index (χ4v) is 1.68. The van der Waals surface area contributed by atoms with Crippen molar-refractivity contribution in [1.82, 2.24) is 0 Å². The molecule has 94 valence electrons. The van der Waals surface area contributed by atoms with Crippen LogP contribution in [0.1, 0.15) is 0 Å². The monoisotopic (exact) mass is 290 g/mol. The van der Waals surface area contributed by atoms with Gasteiger partial charge in [-0.1, -0.05) is 36.4 Å². The van der Waals surface area contributed by atoms with Gasteiger partial charge in [0.05, 0.1) is 7.11 Å². The van der Waals surface area contributed by atoms with Gasteiger partial charge in [0.15, 0.2) is 0 Å². The summed E-state index contributed by atoms with van der Waals surface area (Å²) in [5, 5.41) is 0. The molecular formula is C13H11BF3KO. The van der Waals surface area contributed by atoms with E-state index in [1.54, 1.807) is 19.2 Å². The summed E-state index contributed by atoms with van der Waals surface area (Å²) >= 11 is 0. The Morgan fingerprint density at radius 1 is 0.789 bits per heavy atom. The number of benzene rings is 2. The summed E-state index contributed by atoms with van der Waals surface area (Å²) in [6, 6.07) is 12.4. The zero-order chi connectivity index (χ0) is 13.2. The molecule has 0 aliphatic carbocycles. The molecule has 0 aliphatic heterocycles. The number of rotatable bonds is 3. The molecule has 1 nitrogen and oxygen atoms in total.